The predicted molar refractivity (Wildman–Crippen MR) is 92.2 cm³/mol. The van der Waals surface area contributed by atoms with E-state index in [1.807, 2.05) is 13.8 Å². The second kappa shape index (κ2) is 8.75. The Morgan fingerprint density at radius 1 is 1.42 bits per heavy atom. The van der Waals surface area contributed by atoms with Crippen molar-refractivity contribution in [3.8, 4) is 0 Å². The summed E-state index contributed by atoms with van der Waals surface area (Å²) < 4.78 is 45.8. The van der Waals surface area contributed by atoms with Crippen LogP contribution in [0.4, 0.5) is 4.39 Å². The second-order valence-corrected chi connectivity index (χ2v) is 7.75. The van der Waals surface area contributed by atoms with Crippen molar-refractivity contribution in [3.63, 3.8) is 0 Å². The van der Waals surface area contributed by atoms with Gasteiger partial charge in [-0.2, -0.15) is 0 Å². The molecule has 0 aromatic heterocycles. The van der Waals surface area contributed by atoms with Crippen LogP contribution in [-0.4, -0.2) is 33.6 Å². The molecule has 0 spiro atoms. The number of carbonyl (C=O) groups is 1. The van der Waals surface area contributed by atoms with E-state index in [-0.39, 0.29) is 30.4 Å². The van der Waals surface area contributed by atoms with Crippen LogP contribution in [0.5, 0.6) is 0 Å². The molecule has 0 saturated carbocycles. The molecule has 9 heteroatoms. The molecule has 0 fully saturated rings. The number of hydrogen-bond donors (Lipinski definition) is 2. The minimum atomic E-state index is -4.15. The maximum absolute atomic E-state index is 13.5. The van der Waals surface area contributed by atoms with E-state index < -0.39 is 32.2 Å². The van der Waals surface area contributed by atoms with Crippen molar-refractivity contribution in [1.82, 2.24) is 4.72 Å². The van der Waals surface area contributed by atoms with Crippen molar-refractivity contribution in [3.05, 3.63) is 29.6 Å². The van der Waals surface area contributed by atoms with Gasteiger partial charge in [-0.3, -0.25) is 0 Å². The third-order valence-corrected chi connectivity index (χ3v) is 5.01. The fourth-order valence-electron chi connectivity index (χ4n) is 2.44. The van der Waals surface area contributed by atoms with Gasteiger partial charge in [0.05, 0.1) is 17.6 Å². The number of halogens is 2. The number of benzene rings is 1. The molecule has 3 N–H and O–H groups in total. The van der Waals surface area contributed by atoms with Crippen LogP contribution in [-0.2, 0) is 14.8 Å². The lowest BCUT2D eigenvalue weighted by Gasteiger charge is -2.31. The summed E-state index contributed by atoms with van der Waals surface area (Å²) in [5.41, 5.74) is 4.56. The van der Waals surface area contributed by atoms with Crippen molar-refractivity contribution < 1.29 is 22.3 Å². The lowest BCUT2D eigenvalue weighted by atomic mass is 9.92. The first-order chi connectivity index (χ1) is 10.5. The third kappa shape index (κ3) is 5.70. The maximum atomic E-state index is 13.5. The summed E-state index contributed by atoms with van der Waals surface area (Å²) in [6, 6.07) is 2.88. The Bertz CT molecular complexity index is 682. The van der Waals surface area contributed by atoms with E-state index in [0.29, 0.717) is 6.42 Å². The highest BCUT2D eigenvalue weighted by molar-refractivity contribution is 7.89. The average molecular weight is 383 g/mol. The zero-order valence-corrected chi connectivity index (χ0v) is 15.8. The van der Waals surface area contributed by atoms with Crippen molar-refractivity contribution >= 4 is 28.4 Å². The van der Waals surface area contributed by atoms with Crippen LogP contribution < -0.4 is 10.5 Å². The van der Waals surface area contributed by atoms with Gasteiger partial charge in [0.1, 0.15) is 5.82 Å². The van der Waals surface area contributed by atoms with Gasteiger partial charge in [-0.05, 0) is 37.5 Å². The number of carbonyl (C=O) groups excluding carboxylic acids is 1. The van der Waals surface area contributed by atoms with Gasteiger partial charge >= 0.3 is 5.97 Å². The van der Waals surface area contributed by atoms with Crippen LogP contribution in [0.3, 0.4) is 0 Å². The molecule has 1 unspecified atom stereocenters. The summed E-state index contributed by atoms with van der Waals surface area (Å²) in [5.74, 6) is -1.43. The quantitative estimate of drug-likeness (QED) is 0.703. The number of nitrogens with two attached hydrogens (primary N) is 1. The smallest absolute Gasteiger partial charge is 0.339 e. The summed E-state index contributed by atoms with van der Waals surface area (Å²) in [5, 5.41) is 0. The van der Waals surface area contributed by atoms with Crippen LogP contribution in [0.25, 0.3) is 0 Å². The van der Waals surface area contributed by atoms with E-state index >= 15 is 0 Å². The lowest BCUT2D eigenvalue weighted by molar-refractivity contribution is 0.0596. The summed E-state index contributed by atoms with van der Waals surface area (Å²) in [7, 11) is -3.03. The Morgan fingerprint density at radius 2 is 2.00 bits per heavy atom. The molecule has 1 aromatic rings. The van der Waals surface area contributed by atoms with Crippen LogP contribution in [0.2, 0.25) is 0 Å². The predicted octanol–water partition coefficient (Wildman–Crippen LogP) is 2.08. The topological polar surface area (TPSA) is 98.5 Å². The molecule has 0 bridgehead atoms. The van der Waals surface area contributed by atoms with Crippen molar-refractivity contribution in [2.75, 3.05) is 13.7 Å². The Morgan fingerprint density at radius 3 is 2.46 bits per heavy atom. The zero-order chi connectivity index (χ0) is 17.8. The monoisotopic (exact) mass is 382 g/mol. The number of esters is 1. The van der Waals surface area contributed by atoms with Gasteiger partial charge in [-0.25, -0.2) is 22.3 Å². The Hall–Kier alpha value is -1.22. The first-order valence-electron chi connectivity index (χ1n) is 7.16. The van der Waals surface area contributed by atoms with Gasteiger partial charge < -0.3 is 10.5 Å². The molecular weight excluding hydrogens is 359 g/mol. The molecule has 0 aliphatic carbocycles. The molecule has 138 valence electrons. The number of rotatable bonds is 7. The molecule has 0 heterocycles. The molecule has 24 heavy (non-hydrogen) atoms. The summed E-state index contributed by atoms with van der Waals surface area (Å²) in [6.07, 6.45) is 0.492. The highest BCUT2D eigenvalue weighted by Crippen LogP contribution is 2.23. The lowest BCUT2D eigenvalue weighted by Crippen LogP contribution is -2.52. The van der Waals surface area contributed by atoms with Crippen molar-refractivity contribution in [2.24, 2.45) is 11.7 Å². The largest absolute Gasteiger partial charge is 0.465 e. The normalized spacial score (nSPS) is 14.0. The summed E-state index contributed by atoms with van der Waals surface area (Å²) in [4.78, 5) is 11.3. The third-order valence-electron chi connectivity index (χ3n) is 3.33. The molecule has 0 aliphatic rings. The number of methoxy groups -OCH3 is 1. The Balaban J connectivity index is 0.00000529. The first-order valence-corrected chi connectivity index (χ1v) is 8.65. The average Bonchev–Trinajstić information content (AvgIpc) is 2.45. The Kier molecular flexibility index (Phi) is 8.31. The molecule has 1 atom stereocenters. The van der Waals surface area contributed by atoms with E-state index in [0.717, 1.165) is 25.3 Å². The fourth-order valence-corrected chi connectivity index (χ4v) is 4.08. The van der Waals surface area contributed by atoms with Crippen molar-refractivity contribution in [1.29, 1.82) is 0 Å². The number of sulfonamides is 1. The van der Waals surface area contributed by atoms with E-state index in [9.17, 15) is 17.6 Å². The second-order valence-electron chi connectivity index (χ2n) is 6.10. The highest BCUT2D eigenvalue weighted by Gasteiger charge is 2.33. The van der Waals surface area contributed by atoms with Gasteiger partial charge in [-0.1, -0.05) is 13.8 Å². The molecular formula is C15H24ClFN2O4S. The molecule has 0 saturated heterocycles. The van der Waals surface area contributed by atoms with Crippen LogP contribution in [0.15, 0.2) is 23.1 Å². The molecule has 6 nitrogen and oxygen atoms in total. The molecule has 0 amide bonds. The fraction of sp³-hybridized carbons (Fsp3) is 0.533. The number of ether oxygens (including phenoxy) is 1. The van der Waals surface area contributed by atoms with E-state index in [4.69, 9.17) is 5.73 Å². The van der Waals surface area contributed by atoms with Crippen LogP contribution in [0.1, 0.15) is 37.6 Å². The minimum Gasteiger partial charge on any atom is -0.465 e. The molecule has 0 aliphatic heterocycles. The highest BCUT2D eigenvalue weighted by atomic mass is 35.5. The standard InChI is InChI=1S/C15H23FN2O4S.ClH/c1-10(2)8-15(3,9-17)18-23(20,21)13-7-11(16)5-6-12(13)14(19)22-4;/h5-7,10,18H,8-9,17H2,1-4H3;1H. The van der Waals surface area contributed by atoms with Crippen LogP contribution in [0, 0.1) is 11.7 Å². The Labute approximate surface area is 148 Å². The van der Waals surface area contributed by atoms with E-state index in [1.54, 1.807) is 6.92 Å². The summed E-state index contributed by atoms with van der Waals surface area (Å²) in [6.45, 7) is 5.60. The number of nitrogens with one attached hydrogen (secondary N) is 1. The van der Waals surface area contributed by atoms with Crippen molar-refractivity contribution in [2.45, 2.75) is 37.6 Å². The van der Waals surface area contributed by atoms with Crippen LogP contribution >= 0.6 is 12.4 Å². The summed E-state index contributed by atoms with van der Waals surface area (Å²) >= 11 is 0. The maximum Gasteiger partial charge on any atom is 0.339 e. The van der Waals surface area contributed by atoms with Gasteiger partial charge in [0.2, 0.25) is 10.0 Å². The molecule has 1 rings (SSSR count). The first kappa shape index (κ1) is 22.8. The van der Waals surface area contributed by atoms with Gasteiger partial charge in [-0.15, -0.1) is 12.4 Å². The van der Waals surface area contributed by atoms with Gasteiger partial charge in [0, 0.05) is 12.1 Å². The molecule has 0 radical (unpaired) electrons. The SMILES string of the molecule is COC(=O)c1ccc(F)cc1S(=O)(=O)NC(C)(CN)CC(C)C.Cl. The number of hydrogen-bond acceptors (Lipinski definition) is 5. The van der Waals surface area contributed by atoms with Gasteiger partial charge in [0.15, 0.2) is 0 Å². The minimum absolute atomic E-state index is 0. The molecule has 1 aromatic carbocycles. The zero-order valence-electron chi connectivity index (χ0n) is 14.1. The van der Waals surface area contributed by atoms with Gasteiger partial charge in [0.25, 0.3) is 0 Å². The van der Waals surface area contributed by atoms with E-state index in [2.05, 4.69) is 9.46 Å². The van der Waals surface area contributed by atoms with E-state index in [1.165, 1.54) is 0 Å².